The molecule has 48 heavy (non-hydrogen) atoms. The van der Waals surface area contributed by atoms with Crippen molar-refractivity contribution in [3.8, 4) is 5.75 Å². The predicted molar refractivity (Wildman–Crippen MR) is 171 cm³/mol. The highest BCUT2D eigenvalue weighted by Crippen LogP contribution is 2.29. The van der Waals surface area contributed by atoms with Crippen LogP contribution in [0.4, 0.5) is 4.79 Å². The van der Waals surface area contributed by atoms with Crippen LogP contribution in [0.25, 0.3) is 10.9 Å². The Morgan fingerprint density at radius 1 is 0.979 bits per heavy atom. The van der Waals surface area contributed by atoms with E-state index in [1.165, 1.54) is 15.9 Å². The lowest BCUT2D eigenvalue weighted by atomic mass is 9.91. The second-order valence-electron chi connectivity index (χ2n) is 12.6. The van der Waals surface area contributed by atoms with Gasteiger partial charge in [-0.15, -0.1) is 0 Å². The first-order valence-electron chi connectivity index (χ1n) is 16.3. The van der Waals surface area contributed by atoms with Gasteiger partial charge >= 0.3 is 12.1 Å². The molecule has 1 aliphatic carbocycles. The molecule has 0 unspecified atom stereocenters. The zero-order chi connectivity index (χ0) is 34.5. The first-order chi connectivity index (χ1) is 22.9. The quantitative estimate of drug-likeness (QED) is 0.318. The molecule has 3 heterocycles. The summed E-state index contributed by atoms with van der Waals surface area (Å²) in [5, 5.41) is 21.7. The first kappa shape index (κ1) is 34.4. The van der Waals surface area contributed by atoms with Gasteiger partial charge in [0.25, 0.3) is 11.8 Å². The largest absolute Gasteiger partial charge is 0.483 e. The lowest BCUT2D eigenvalue weighted by molar-refractivity contribution is -0.146. The molecule has 15 nitrogen and oxygen atoms in total. The van der Waals surface area contributed by atoms with Crippen LogP contribution >= 0.6 is 0 Å². The van der Waals surface area contributed by atoms with Crippen LogP contribution in [0, 0.1) is 6.92 Å². The van der Waals surface area contributed by atoms with E-state index < -0.39 is 36.0 Å². The van der Waals surface area contributed by atoms with Crippen molar-refractivity contribution in [2.45, 2.75) is 70.0 Å². The van der Waals surface area contributed by atoms with Crippen LogP contribution in [0.1, 0.15) is 61.0 Å². The smallest absolute Gasteiger partial charge is 0.407 e. The number of aliphatic carboxylic acids is 1. The zero-order valence-corrected chi connectivity index (χ0v) is 27.2. The van der Waals surface area contributed by atoms with Crippen molar-refractivity contribution in [1.82, 2.24) is 29.9 Å². The summed E-state index contributed by atoms with van der Waals surface area (Å²) in [6.07, 6.45) is 2.65. The van der Waals surface area contributed by atoms with Crippen molar-refractivity contribution in [3.63, 3.8) is 0 Å². The highest BCUT2D eigenvalue weighted by Gasteiger charge is 2.38. The lowest BCUT2D eigenvalue weighted by Gasteiger charge is -2.37. The minimum Gasteiger partial charge on any atom is -0.483 e. The van der Waals surface area contributed by atoms with E-state index in [0.717, 1.165) is 24.8 Å². The average Bonchev–Trinajstić information content (AvgIpc) is 3.53. The van der Waals surface area contributed by atoms with Crippen molar-refractivity contribution in [2.75, 3.05) is 46.4 Å². The number of carbonyl (C=O) groups is 6. The van der Waals surface area contributed by atoms with Gasteiger partial charge < -0.3 is 39.9 Å². The molecule has 5 rings (SSSR count). The van der Waals surface area contributed by atoms with Crippen molar-refractivity contribution in [1.29, 1.82) is 0 Å². The highest BCUT2D eigenvalue weighted by atomic mass is 16.5. The molecule has 0 bridgehead atoms. The third-order valence-electron chi connectivity index (χ3n) is 9.45. The Kier molecular flexibility index (Phi) is 10.6. The van der Waals surface area contributed by atoms with Crippen LogP contribution < -0.4 is 10.1 Å². The number of amides is 5. The number of piperazine rings is 1. The maximum atomic E-state index is 13.6. The molecular formula is C33H42N6O9. The molecule has 3 N–H and O–H groups in total. The van der Waals surface area contributed by atoms with Gasteiger partial charge in [0.2, 0.25) is 11.8 Å². The number of hydrogen-bond donors (Lipinski definition) is 3. The standard InChI is InChI=1S/C33H42N6O9/c1-20-8-9-22-24(17-20)34-25(30(43)35-23(10-11-29(41)42)31(44)37-13-15-38(16-14-37)33(46)47)18-27(22)48-19-28(40)39-12-4-7-26(39)32(45)36(2)21-5-3-6-21/h8-9,17-18,21,23,26H,3-7,10-16,19H2,1-2H3,(H,35,43)(H,41,42)(H,46,47)/t23-,26-/m0/s1. The van der Waals surface area contributed by atoms with Crippen molar-refractivity contribution < 1.29 is 43.7 Å². The molecule has 1 aromatic heterocycles. The molecule has 2 atom stereocenters. The Morgan fingerprint density at radius 3 is 2.33 bits per heavy atom. The van der Waals surface area contributed by atoms with Crippen molar-refractivity contribution in [3.05, 3.63) is 35.5 Å². The van der Waals surface area contributed by atoms with Gasteiger partial charge in [0, 0.05) is 63.7 Å². The highest BCUT2D eigenvalue weighted by molar-refractivity contribution is 5.99. The third-order valence-corrected chi connectivity index (χ3v) is 9.45. The van der Waals surface area contributed by atoms with Gasteiger partial charge in [-0.1, -0.05) is 6.07 Å². The molecule has 2 saturated heterocycles. The molecular weight excluding hydrogens is 624 g/mol. The second kappa shape index (κ2) is 14.9. The lowest BCUT2D eigenvalue weighted by Crippen LogP contribution is -2.55. The Balaban J connectivity index is 1.32. The number of carboxylic acid groups (broad SMARTS) is 2. The van der Waals surface area contributed by atoms with E-state index in [1.807, 2.05) is 13.0 Å². The van der Waals surface area contributed by atoms with Crippen LogP contribution in [0.5, 0.6) is 5.75 Å². The minimum absolute atomic E-state index is 0.0647. The Labute approximate surface area is 277 Å². The minimum atomic E-state index is -1.20. The molecule has 258 valence electrons. The molecule has 1 aromatic carbocycles. The molecule has 15 heteroatoms. The fraction of sp³-hybridized carbons (Fsp3) is 0.545. The summed E-state index contributed by atoms with van der Waals surface area (Å²) < 4.78 is 6.01. The molecule has 0 radical (unpaired) electrons. The molecule has 0 spiro atoms. The van der Waals surface area contributed by atoms with E-state index in [9.17, 15) is 39.0 Å². The SMILES string of the molecule is Cc1ccc2c(OCC(=O)N3CCC[C@H]3C(=O)N(C)C3CCC3)cc(C(=O)N[C@@H](CCC(=O)O)C(=O)N3CCN(C(=O)O)CC3)nc2c1. The number of fused-ring (bicyclic) bond motifs is 1. The number of benzene rings is 1. The number of nitrogens with one attached hydrogen (secondary N) is 1. The van der Waals surface area contributed by atoms with E-state index in [0.29, 0.717) is 30.3 Å². The number of carboxylic acids is 1. The normalized spacial score (nSPS) is 18.6. The van der Waals surface area contributed by atoms with Gasteiger partial charge in [-0.3, -0.25) is 24.0 Å². The zero-order valence-electron chi connectivity index (χ0n) is 27.2. The maximum Gasteiger partial charge on any atom is 0.407 e. The predicted octanol–water partition coefficient (Wildman–Crippen LogP) is 1.71. The number of likely N-dealkylation sites (N-methyl/N-ethyl adjacent to an activating group) is 1. The van der Waals surface area contributed by atoms with E-state index in [4.69, 9.17) is 4.74 Å². The summed E-state index contributed by atoms with van der Waals surface area (Å²) in [6.45, 7) is 2.32. The summed E-state index contributed by atoms with van der Waals surface area (Å²) in [4.78, 5) is 86.6. The third kappa shape index (κ3) is 7.77. The van der Waals surface area contributed by atoms with Gasteiger partial charge in [-0.2, -0.15) is 0 Å². The van der Waals surface area contributed by atoms with Gasteiger partial charge in [0.05, 0.1) is 5.52 Å². The summed E-state index contributed by atoms with van der Waals surface area (Å²) in [5.74, 6) is -2.61. The maximum absolute atomic E-state index is 13.6. The van der Waals surface area contributed by atoms with Crippen molar-refractivity contribution >= 4 is 46.6 Å². The number of aromatic nitrogens is 1. The first-order valence-corrected chi connectivity index (χ1v) is 16.3. The van der Waals surface area contributed by atoms with Gasteiger partial charge in [-0.05, 0) is 63.1 Å². The van der Waals surface area contributed by atoms with Crippen LogP contribution in [0.3, 0.4) is 0 Å². The summed E-state index contributed by atoms with van der Waals surface area (Å²) >= 11 is 0. The Morgan fingerprint density at radius 2 is 1.69 bits per heavy atom. The fourth-order valence-corrected chi connectivity index (χ4v) is 6.37. The number of ether oxygens (including phenoxy) is 1. The number of likely N-dealkylation sites (tertiary alicyclic amines) is 1. The van der Waals surface area contributed by atoms with Crippen molar-refractivity contribution in [2.24, 2.45) is 0 Å². The molecule has 2 aromatic rings. The van der Waals surface area contributed by atoms with E-state index in [2.05, 4.69) is 10.3 Å². The molecule has 3 aliphatic rings. The van der Waals surface area contributed by atoms with Crippen LogP contribution in [0.15, 0.2) is 24.3 Å². The van der Waals surface area contributed by atoms with Gasteiger partial charge in [0.1, 0.15) is 23.5 Å². The topological polar surface area (TPSA) is 190 Å². The van der Waals surface area contributed by atoms with Crippen LogP contribution in [-0.2, 0) is 19.2 Å². The van der Waals surface area contributed by atoms with Crippen LogP contribution in [0.2, 0.25) is 0 Å². The monoisotopic (exact) mass is 666 g/mol. The van der Waals surface area contributed by atoms with Gasteiger partial charge in [-0.25, -0.2) is 9.78 Å². The van der Waals surface area contributed by atoms with Gasteiger partial charge in [0.15, 0.2) is 6.61 Å². The summed E-state index contributed by atoms with van der Waals surface area (Å²) in [5.41, 5.74) is 1.17. The number of carbonyl (C=O) groups excluding carboxylic acids is 4. The number of nitrogens with zero attached hydrogens (tertiary/aromatic N) is 5. The Hall–Kier alpha value is -4.95. The number of pyridine rings is 1. The van der Waals surface area contributed by atoms with Crippen LogP contribution in [-0.4, -0.2) is 135 Å². The number of rotatable bonds is 11. The van der Waals surface area contributed by atoms with E-state index >= 15 is 0 Å². The van der Waals surface area contributed by atoms with E-state index in [-0.39, 0.29) is 74.9 Å². The molecule has 2 aliphatic heterocycles. The second-order valence-corrected chi connectivity index (χ2v) is 12.6. The summed E-state index contributed by atoms with van der Waals surface area (Å²) in [6, 6.07) is 5.21. The molecule has 5 amide bonds. The average molecular weight is 667 g/mol. The number of aryl methyl sites for hydroxylation is 1. The number of hydrogen-bond acceptors (Lipinski definition) is 8. The molecule has 1 saturated carbocycles. The summed E-state index contributed by atoms with van der Waals surface area (Å²) in [7, 11) is 1.79. The Bertz CT molecular complexity index is 1590. The fourth-order valence-electron chi connectivity index (χ4n) is 6.37. The molecule has 3 fully saturated rings. The van der Waals surface area contributed by atoms with E-state index in [1.54, 1.807) is 29.0 Å².